The molecule has 116 valence electrons. The second-order valence-corrected chi connectivity index (χ2v) is 6.92. The topological polar surface area (TPSA) is 46.8 Å². The zero-order valence-corrected chi connectivity index (χ0v) is 13.2. The van der Waals surface area contributed by atoms with E-state index in [0.717, 1.165) is 24.7 Å². The number of anilines is 1. The molecule has 1 aromatic heterocycles. The van der Waals surface area contributed by atoms with Crippen molar-refractivity contribution in [2.24, 2.45) is 5.41 Å². The van der Waals surface area contributed by atoms with Crippen LogP contribution in [0, 0.1) is 12.3 Å². The van der Waals surface area contributed by atoms with Gasteiger partial charge in [0.05, 0.1) is 5.69 Å². The molecule has 5 heteroatoms. The first kappa shape index (κ1) is 13.7. The molecule has 0 radical (unpaired) electrons. The summed E-state index contributed by atoms with van der Waals surface area (Å²) in [5.41, 5.74) is 2.91. The van der Waals surface area contributed by atoms with Crippen molar-refractivity contribution in [1.29, 1.82) is 0 Å². The SMILES string of the molecule is Cc1ccc(-n2nnnc2N2CCC3(CCCC3)CC2)cc1. The summed E-state index contributed by atoms with van der Waals surface area (Å²) in [7, 11) is 0. The van der Waals surface area contributed by atoms with E-state index in [1.165, 1.54) is 44.1 Å². The van der Waals surface area contributed by atoms with Gasteiger partial charge in [0, 0.05) is 13.1 Å². The molecule has 22 heavy (non-hydrogen) atoms. The van der Waals surface area contributed by atoms with E-state index in [1.807, 2.05) is 4.68 Å². The Labute approximate surface area is 131 Å². The average Bonchev–Trinajstić information content (AvgIpc) is 3.19. The average molecular weight is 297 g/mol. The summed E-state index contributed by atoms with van der Waals surface area (Å²) in [5, 5.41) is 12.4. The lowest BCUT2D eigenvalue weighted by molar-refractivity contribution is 0.225. The molecule has 4 rings (SSSR count). The van der Waals surface area contributed by atoms with Gasteiger partial charge in [0.1, 0.15) is 0 Å². The first-order valence-electron chi connectivity index (χ1n) is 8.36. The summed E-state index contributed by atoms with van der Waals surface area (Å²) in [6.45, 7) is 4.24. The van der Waals surface area contributed by atoms with Gasteiger partial charge >= 0.3 is 0 Å². The maximum absolute atomic E-state index is 4.28. The first-order valence-corrected chi connectivity index (χ1v) is 8.36. The Balaban J connectivity index is 1.54. The fraction of sp³-hybridized carbons (Fsp3) is 0.588. The fourth-order valence-electron chi connectivity index (χ4n) is 4.04. The van der Waals surface area contributed by atoms with Gasteiger partial charge in [-0.2, -0.15) is 4.68 Å². The van der Waals surface area contributed by atoms with Crippen LogP contribution in [0.2, 0.25) is 0 Å². The molecule has 1 saturated carbocycles. The van der Waals surface area contributed by atoms with Crippen LogP contribution in [0.25, 0.3) is 5.69 Å². The summed E-state index contributed by atoms with van der Waals surface area (Å²) < 4.78 is 1.87. The van der Waals surface area contributed by atoms with Crippen LogP contribution in [-0.4, -0.2) is 33.3 Å². The molecule has 2 aromatic rings. The highest BCUT2D eigenvalue weighted by Gasteiger charge is 2.37. The Kier molecular flexibility index (Phi) is 3.36. The molecular weight excluding hydrogens is 274 g/mol. The lowest BCUT2D eigenvalue weighted by Gasteiger charge is -2.39. The van der Waals surface area contributed by atoms with Crippen molar-refractivity contribution >= 4 is 5.95 Å². The monoisotopic (exact) mass is 297 g/mol. The Hall–Kier alpha value is -1.91. The number of hydrogen-bond acceptors (Lipinski definition) is 4. The molecule has 2 fully saturated rings. The van der Waals surface area contributed by atoms with Gasteiger partial charge < -0.3 is 4.90 Å². The molecule has 0 amide bonds. The van der Waals surface area contributed by atoms with Gasteiger partial charge in [-0.05, 0) is 60.6 Å². The molecule has 1 aliphatic heterocycles. The highest BCUT2D eigenvalue weighted by atomic mass is 15.6. The maximum atomic E-state index is 4.28. The minimum Gasteiger partial charge on any atom is -0.339 e. The fourth-order valence-corrected chi connectivity index (χ4v) is 4.04. The minimum absolute atomic E-state index is 0.624. The Bertz CT molecular complexity index is 629. The number of aryl methyl sites for hydroxylation is 1. The number of piperidine rings is 1. The van der Waals surface area contributed by atoms with Crippen molar-refractivity contribution in [3.8, 4) is 5.69 Å². The number of nitrogens with zero attached hydrogens (tertiary/aromatic N) is 5. The normalized spacial score (nSPS) is 20.7. The summed E-state index contributed by atoms with van der Waals surface area (Å²) >= 11 is 0. The van der Waals surface area contributed by atoms with E-state index in [4.69, 9.17) is 0 Å². The van der Waals surface area contributed by atoms with Crippen molar-refractivity contribution in [3.63, 3.8) is 0 Å². The van der Waals surface area contributed by atoms with E-state index in [0.29, 0.717) is 5.41 Å². The van der Waals surface area contributed by atoms with Gasteiger partial charge in [-0.3, -0.25) is 0 Å². The molecule has 1 saturated heterocycles. The Morgan fingerprint density at radius 3 is 2.32 bits per heavy atom. The number of hydrogen-bond donors (Lipinski definition) is 0. The number of rotatable bonds is 2. The van der Waals surface area contributed by atoms with E-state index < -0.39 is 0 Å². The Morgan fingerprint density at radius 1 is 0.955 bits per heavy atom. The summed E-state index contributed by atoms with van der Waals surface area (Å²) in [4.78, 5) is 2.35. The van der Waals surface area contributed by atoms with Gasteiger partial charge in [-0.25, -0.2) is 0 Å². The highest BCUT2D eigenvalue weighted by Crippen LogP contribution is 2.46. The van der Waals surface area contributed by atoms with E-state index in [2.05, 4.69) is 51.6 Å². The molecule has 0 N–H and O–H groups in total. The lowest BCUT2D eigenvalue weighted by Crippen LogP contribution is -2.40. The van der Waals surface area contributed by atoms with Gasteiger partial charge in [0.15, 0.2) is 0 Å². The standard InChI is InChI=1S/C17H23N5/c1-14-4-6-15(7-5-14)22-16(18-19-20-22)21-12-10-17(11-13-21)8-2-3-9-17/h4-7H,2-3,8-13H2,1H3. The maximum Gasteiger partial charge on any atom is 0.250 e. The lowest BCUT2D eigenvalue weighted by atomic mass is 9.77. The van der Waals surface area contributed by atoms with Crippen LogP contribution in [0.15, 0.2) is 24.3 Å². The quantitative estimate of drug-likeness (QED) is 0.854. The molecule has 2 aliphatic rings. The molecule has 1 spiro atoms. The smallest absolute Gasteiger partial charge is 0.250 e. The number of benzene rings is 1. The van der Waals surface area contributed by atoms with Crippen molar-refractivity contribution in [2.75, 3.05) is 18.0 Å². The predicted molar refractivity (Wildman–Crippen MR) is 86.2 cm³/mol. The first-order chi connectivity index (χ1) is 10.8. The van der Waals surface area contributed by atoms with Crippen molar-refractivity contribution in [2.45, 2.75) is 45.4 Å². The van der Waals surface area contributed by atoms with Crippen LogP contribution < -0.4 is 4.90 Å². The molecule has 1 aromatic carbocycles. The van der Waals surface area contributed by atoms with Crippen LogP contribution in [0.4, 0.5) is 5.95 Å². The van der Waals surface area contributed by atoms with Crippen LogP contribution >= 0.6 is 0 Å². The molecule has 0 unspecified atom stereocenters. The summed E-state index contributed by atoms with van der Waals surface area (Å²) in [6.07, 6.45) is 8.25. The zero-order valence-electron chi connectivity index (χ0n) is 13.2. The largest absolute Gasteiger partial charge is 0.339 e. The molecule has 0 atom stereocenters. The molecule has 2 heterocycles. The van der Waals surface area contributed by atoms with Gasteiger partial charge in [0.2, 0.25) is 5.95 Å². The predicted octanol–water partition coefficient (Wildman–Crippen LogP) is 3.13. The second-order valence-electron chi connectivity index (χ2n) is 6.92. The number of aromatic nitrogens is 4. The van der Waals surface area contributed by atoms with Crippen LogP contribution in [0.1, 0.15) is 44.1 Å². The highest BCUT2D eigenvalue weighted by molar-refractivity contribution is 5.42. The Morgan fingerprint density at radius 2 is 1.64 bits per heavy atom. The summed E-state index contributed by atoms with van der Waals surface area (Å²) in [5.74, 6) is 0.886. The third-order valence-electron chi connectivity index (χ3n) is 5.50. The van der Waals surface area contributed by atoms with Crippen LogP contribution in [0.5, 0.6) is 0 Å². The van der Waals surface area contributed by atoms with Crippen LogP contribution in [-0.2, 0) is 0 Å². The molecule has 0 bridgehead atoms. The van der Waals surface area contributed by atoms with E-state index in [9.17, 15) is 0 Å². The van der Waals surface area contributed by atoms with Gasteiger partial charge in [-0.15, -0.1) is 0 Å². The third kappa shape index (κ3) is 2.38. The van der Waals surface area contributed by atoms with Crippen molar-refractivity contribution in [1.82, 2.24) is 20.2 Å². The van der Waals surface area contributed by atoms with Crippen molar-refractivity contribution < 1.29 is 0 Å². The molecular formula is C17H23N5. The number of tetrazole rings is 1. The summed E-state index contributed by atoms with van der Waals surface area (Å²) in [6, 6.07) is 8.37. The molecule has 5 nitrogen and oxygen atoms in total. The zero-order chi connectivity index (χ0) is 15.0. The second kappa shape index (κ2) is 5.38. The van der Waals surface area contributed by atoms with E-state index in [1.54, 1.807) is 0 Å². The van der Waals surface area contributed by atoms with Gasteiger partial charge in [0.25, 0.3) is 0 Å². The van der Waals surface area contributed by atoms with E-state index >= 15 is 0 Å². The van der Waals surface area contributed by atoms with Crippen LogP contribution in [0.3, 0.4) is 0 Å². The van der Waals surface area contributed by atoms with E-state index in [-0.39, 0.29) is 0 Å². The van der Waals surface area contributed by atoms with Gasteiger partial charge in [-0.1, -0.05) is 35.6 Å². The third-order valence-corrected chi connectivity index (χ3v) is 5.50. The molecule has 1 aliphatic carbocycles. The van der Waals surface area contributed by atoms with Crippen molar-refractivity contribution in [3.05, 3.63) is 29.8 Å². The minimum atomic E-state index is 0.624.